The van der Waals surface area contributed by atoms with E-state index in [0.29, 0.717) is 11.1 Å². The van der Waals surface area contributed by atoms with E-state index >= 15 is 0 Å². The van der Waals surface area contributed by atoms with Crippen molar-refractivity contribution in [2.75, 3.05) is 0 Å². The Kier molecular flexibility index (Phi) is 4.38. The molecule has 2 aromatic rings. The summed E-state index contributed by atoms with van der Waals surface area (Å²) in [6.07, 6.45) is -0.192. The van der Waals surface area contributed by atoms with Crippen LogP contribution >= 0.6 is 0 Å². The van der Waals surface area contributed by atoms with Crippen LogP contribution in [-0.4, -0.2) is 18.0 Å². The molecule has 0 spiro atoms. The molecule has 0 aromatic heterocycles. The van der Waals surface area contributed by atoms with Crippen molar-refractivity contribution in [3.8, 4) is 11.1 Å². The molecule has 0 radical (unpaired) electrons. The molecule has 0 aliphatic rings. The first kappa shape index (κ1) is 14.8. The third kappa shape index (κ3) is 3.69. The summed E-state index contributed by atoms with van der Waals surface area (Å²) < 4.78 is 5.15. The van der Waals surface area contributed by atoms with Gasteiger partial charge in [-0.25, -0.2) is 4.79 Å². The molecule has 2 aromatic carbocycles. The summed E-state index contributed by atoms with van der Waals surface area (Å²) in [6.45, 7) is 3.57. The zero-order valence-corrected chi connectivity index (χ0v) is 11.8. The molecule has 0 saturated heterocycles. The van der Waals surface area contributed by atoms with Gasteiger partial charge in [0.15, 0.2) is 0 Å². The zero-order valence-electron chi connectivity index (χ0n) is 11.8. The Morgan fingerprint density at radius 3 is 2.00 bits per heavy atom. The lowest BCUT2D eigenvalue weighted by atomic mass is 10.0. The first-order valence-corrected chi connectivity index (χ1v) is 6.60. The molecule has 0 N–H and O–H groups in total. The molecule has 0 aliphatic heterocycles. The smallest absolute Gasteiger partial charge is 0.338 e. The molecule has 0 fully saturated rings. The van der Waals surface area contributed by atoms with Crippen molar-refractivity contribution < 1.29 is 19.4 Å². The Balaban J connectivity index is 2.35. The van der Waals surface area contributed by atoms with E-state index in [0.717, 1.165) is 5.56 Å². The van der Waals surface area contributed by atoms with Crippen LogP contribution in [0.25, 0.3) is 11.1 Å². The monoisotopic (exact) mass is 283 g/mol. The van der Waals surface area contributed by atoms with Crippen LogP contribution in [0.2, 0.25) is 0 Å². The third-order valence-corrected chi connectivity index (χ3v) is 2.87. The van der Waals surface area contributed by atoms with Crippen LogP contribution in [0.1, 0.15) is 34.6 Å². The number of aromatic carboxylic acids is 1. The number of benzene rings is 2. The molecule has 0 saturated carbocycles. The summed E-state index contributed by atoms with van der Waals surface area (Å²) in [5.41, 5.74) is 1.98. The average molecular weight is 283 g/mol. The molecule has 0 aliphatic carbocycles. The number of carbonyl (C=O) groups excluding carboxylic acids is 2. The van der Waals surface area contributed by atoms with Crippen molar-refractivity contribution >= 4 is 11.9 Å². The summed E-state index contributed by atoms with van der Waals surface area (Å²) >= 11 is 0. The number of ether oxygens (including phenoxy) is 1. The van der Waals surface area contributed by atoms with Gasteiger partial charge in [0.2, 0.25) is 0 Å². The fraction of sp³-hybridized carbons (Fsp3) is 0.176. The van der Waals surface area contributed by atoms with E-state index in [-0.39, 0.29) is 11.7 Å². The fourth-order valence-corrected chi connectivity index (χ4v) is 1.93. The Morgan fingerprint density at radius 1 is 0.952 bits per heavy atom. The molecular weight excluding hydrogens is 268 g/mol. The van der Waals surface area contributed by atoms with Crippen molar-refractivity contribution in [2.45, 2.75) is 20.0 Å². The van der Waals surface area contributed by atoms with Crippen LogP contribution < -0.4 is 5.11 Å². The Labute approximate surface area is 123 Å². The minimum absolute atomic E-state index is 0.0997. The molecule has 4 nitrogen and oxygen atoms in total. The molecule has 0 atom stereocenters. The van der Waals surface area contributed by atoms with Crippen LogP contribution in [0.4, 0.5) is 0 Å². The van der Waals surface area contributed by atoms with Crippen LogP contribution in [0.15, 0.2) is 48.5 Å². The van der Waals surface area contributed by atoms with E-state index in [2.05, 4.69) is 0 Å². The second-order valence-electron chi connectivity index (χ2n) is 4.90. The molecule has 108 valence electrons. The van der Waals surface area contributed by atoms with Crippen molar-refractivity contribution in [1.82, 2.24) is 0 Å². The summed E-state index contributed by atoms with van der Waals surface area (Å²) in [4.78, 5) is 22.8. The number of carboxylic acids is 1. The number of hydrogen-bond donors (Lipinski definition) is 0. The zero-order chi connectivity index (χ0) is 15.4. The van der Waals surface area contributed by atoms with Crippen molar-refractivity contribution in [3.05, 3.63) is 59.7 Å². The van der Waals surface area contributed by atoms with Crippen LogP contribution in [-0.2, 0) is 4.74 Å². The Morgan fingerprint density at radius 2 is 1.48 bits per heavy atom. The number of esters is 1. The Hall–Kier alpha value is -2.62. The molecule has 0 bridgehead atoms. The molecular formula is C17H15O4-. The highest BCUT2D eigenvalue weighted by molar-refractivity contribution is 5.92. The van der Waals surface area contributed by atoms with Gasteiger partial charge in [0.1, 0.15) is 0 Å². The number of rotatable bonds is 4. The second-order valence-corrected chi connectivity index (χ2v) is 4.90. The SMILES string of the molecule is CC(C)OC(=O)c1cccc(-c2cccc(C(=O)[O-])c2)c1. The van der Waals surface area contributed by atoms with Gasteiger partial charge in [0, 0.05) is 0 Å². The van der Waals surface area contributed by atoms with E-state index in [4.69, 9.17) is 4.74 Å². The first-order chi connectivity index (χ1) is 9.97. The van der Waals surface area contributed by atoms with Crippen molar-refractivity contribution in [1.29, 1.82) is 0 Å². The highest BCUT2D eigenvalue weighted by Crippen LogP contribution is 2.22. The quantitative estimate of drug-likeness (QED) is 0.807. The maximum atomic E-state index is 11.9. The van der Waals surface area contributed by atoms with Crippen LogP contribution in [0.5, 0.6) is 0 Å². The van der Waals surface area contributed by atoms with Gasteiger partial charge in [-0.05, 0) is 48.7 Å². The lowest BCUT2D eigenvalue weighted by Gasteiger charge is -2.10. The van der Waals surface area contributed by atoms with E-state index in [1.807, 2.05) is 0 Å². The van der Waals surface area contributed by atoms with Gasteiger partial charge >= 0.3 is 5.97 Å². The van der Waals surface area contributed by atoms with Gasteiger partial charge in [-0.2, -0.15) is 0 Å². The highest BCUT2D eigenvalue weighted by Gasteiger charge is 2.10. The van der Waals surface area contributed by atoms with Gasteiger partial charge in [-0.3, -0.25) is 0 Å². The van der Waals surface area contributed by atoms with Gasteiger partial charge in [0.05, 0.1) is 17.6 Å². The highest BCUT2D eigenvalue weighted by atomic mass is 16.5. The topological polar surface area (TPSA) is 66.4 Å². The summed E-state index contributed by atoms with van der Waals surface area (Å²) in [6, 6.07) is 13.3. The van der Waals surface area contributed by atoms with Gasteiger partial charge in [0.25, 0.3) is 0 Å². The molecule has 0 amide bonds. The standard InChI is InChI=1S/C17H16O4/c1-11(2)21-17(20)15-8-4-6-13(10-15)12-5-3-7-14(9-12)16(18)19/h3-11H,1-2H3,(H,18,19)/p-1. The molecule has 4 heteroatoms. The Bertz CT molecular complexity index is 674. The third-order valence-electron chi connectivity index (χ3n) is 2.87. The molecule has 2 rings (SSSR count). The maximum Gasteiger partial charge on any atom is 0.338 e. The normalized spacial score (nSPS) is 10.4. The van der Waals surface area contributed by atoms with Gasteiger partial charge in [-0.15, -0.1) is 0 Å². The lowest BCUT2D eigenvalue weighted by Crippen LogP contribution is -2.22. The number of hydrogen-bond acceptors (Lipinski definition) is 4. The molecule has 21 heavy (non-hydrogen) atoms. The summed E-state index contributed by atoms with van der Waals surface area (Å²) in [7, 11) is 0. The van der Waals surface area contributed by atoms with Gasteiger partial charge < -0.3 is 14.6 Å². The number of carboxylic acid groups (broad SMARTS) is 1. The minimum atomic E-state index is -1.23. The average Bonchev–Trinajstić information content (AvgIpc) is 2.47. The lowest BCUT2D eigenvalue weighted by molar-refractivity contribution is -0.255. The van der Waals surface area contributed by atoms with E-state index in [1.54, 1.807) is 50.2 Å². The largest absolute Gasteiger partial charge is 0.545 e. The number of carbonyl (C=O) groups is 2. The summed E-state index contributed by atoms with van der Waals surface area (Å²) in [5.74, 6) is -1.63. The van der Waals surface area contributed by atoms with Crippen LogP contribution in [0.3, 0.4) is 0 Å². The van der Waals surface area contributed by atoms with Gasteiger partial charge in [-0.1, -0.05) is 30.3 Å². The summed E-state index contributed by atoms with van der Waals surface area (Å²) in [5, 5.41) is 10.9. The minimum Gasteiger partial charge on any atom is -0.545 e. The second kappa shape index (κ2) is 6.22. The van der Waals surface area contributed by atoms with Crippen LogP contribution in [0, 0.1) is 0 Å². The van der Waals surface area contributed by atoms with E-state index < -0.39 is 11.9 Å². The first-order valence-electron chi connectivity index (χ1n) is 6.60. The fourth-order valence-electron chi connectivity index (χ4n) is 1.93. The van der Waals surface area contributed by atoms with Crippen molar-refractivity contribution in [3.63, 3.8) is 0 Å². The maximum absolute atomic E-state index is 11.9. The predicted octanol–water partition coefficient (Wildman–Crippen LogP) is 2.28. The van der Waals surface area contributed by atoms with E-state index in [9.17, 15) is 14.7 Å². The molecule has 0 unspecified atom stereocenters. The van der Waals surface area contributed by atoms with E-state index in [1.165, 1.54) is 12.1 Å². The van der Waals surface area contributed by atoms with Crippen molar-refractivity contribution in [2.24, 2.45) is 0 Å². The molecule has 0 heterocycles. The predicted molar refractivity (Wildman–Crippen MR) is 76.8 cm³/mol.